The fraction of sp³-hybridized carbons (Fsp3) is 0.0952. The van der Waals surface area contributed by atoms with Crippen LogP contribution in [0.2, 0.25) is 0 Å². The number of rotatable bonds is 6. The van der Waals surface area contributed by atoms with E-state index in [0.717, 1.165) is 11.1 Å². The van der Waals surface area contributed by atoms with Crippen molar-refractivity contribution in [1.29, 1.82) is 0 Å². The van der Waals surface area contributed by atoms with Gasteiger partial charge in [-0.1, -0.05) is 30.3 Å². The maximum Gasteiger partial charge on any atom is 0.261 e. The summed E-state index contributed by atoms with van der Waals surface area (Å²) < 4.78 is 40.5. The molecular weight excluding hydrogens is 379 g/mol. The van der Waals surface area contributed by atoms with Gasteiger partial charge in [0.1, 0.15) is 5.82 Å². The molecule has 0 spiro atoms. The number of hydrogen-bond acceptors (Lipinski definition) is 3. The van der Waals surface area contributed by atoms with Gasteiger partial charge in [-0.05, 0) is 60.5 Å². The zero-order chi connectivity index (χ0) is 20.1. The van der Waals surface area contributed by atoms with Crippen LogP contribution in [-0.4, -0.2) is 14.3 Å². The molecule has 1 amide bonds. The Bertz CT molecular complexity index is 1080. The van der Waals surface area contributed by atoms with Gasteiger partial charge in [0, 0.05) is 12.1 Å². The molecule has 0 aliphatic heterocycles. The summed E-state index contributed by atoms with van der Waals surface area (Å²) in [6.45, 7) is 2.06. The van der Waals surface area contributed by atoms with Crippen molar-refractivity contribution in [3.63, 3.8) is 0 Å². The molecule has 3 rings (SSSR count). The van der Waals surface area contributed by atoms with Crippen LogP contribution < -0.4 is 10.0 Å². The van der Waals surface area contributed by atoms with Crippen LogP contribution in [0, 0.1) is 12.7 Å². The molecule has 3 aromatic carbocycles. The maximum atomic E-state index is 12.9. The quantitative estimate of drug-likeness (QED) is 0.662. The number of nitrogens with one attached hydrogen (secondary N) is 2. The lowest BCUT2D eigenvalue weighted by molar-refractivity contribution is 0.0951. The topological polar surface area (TPSA) is 75.3 Å². The molecular formula is C21H19FN2O3S. The Hall–Kier alpha value is -3.19. The molecule has 144 valence electrons. The van der Waals surface area contributed by atoms with Crippen molar-refractivity contribution in [1.82, 2.24) is 5.32 Å². The first-order valence-electron chi connectivity index (χ1n) is 8.56. The number of sulfonamides is 1. The van der Waals surface area contributed by atoms with Crippen LogP contribution in [-0.2, 0) is 16.6 Å². The van der Waals surface area contributed by atoms with Gasteiger partial charge in [0.15, 0.2) is 0 Å². The van der Waals surface area contributed by atoms with E-state index in [-0.39, 0.29) is 23.2 Å². The van der Waals surface area contributed by atoms with Crippen molar-refractivity contribution in [2.75, 3.05) is 4.72 Å². The number of carbonyl (C=O) groups is 1. The molecule has 0 aliphatic carbocycles. The van der Waals surface area contributed by atoms with Crippen LogP contribution in [0.25, 0.3) is 0 Å². The lowest BCUT2D eigenvalue weighted by Gasteiger charge is -2.11. The summed E-state index contributed by atoms with van der Waals surface area (Å²) in [6, 6.07) is 18.6. The third kappa shape index (κ3) is 4.75. The number of para-hydroxylation sites is 1. The molecule has 2 N–H and O–H groups in total. The van der Waals surface area contributed by atoms with E-state index < -0.39 is 10.0 Å². The van der Waals surface area contributed by atoms with Gasteiger partial charge in [0.2, 0.25) is 0 Å². The van der Waals surface area contributed by atoms with Gasteiger partial charge in [0.25, 0.3) is 15.9 Å². The fourth-order valence-electron chi connectivity index (χ4n) is 2.56. The van der Waals surface area contributed by atoms with Gasteiger partial charge in [-0.25, -0.2) is 12.8 Å². The summed E-state index contributed by atoms with van der Waals surface area (Å²) in [6.07, 6.45) is 0. The molecule has 0 unspecified atom stereocenters. The highest BCUT2D eigenvalue weighted by atomic mass is 32.2. The minimum atomic E-state index is -3.75. The lowest BCUT2D eigenvalue weighted by atomic mass is 10.2. The molecule has 0 saturated heterocycles. The van der Waals surface area contributed by atoms with Gasteiger partial charge in [-0.3, -0.25) is 9.52 Å². The van der Waals surface area contributed by atoms with E-state index in [2.05, 4.69) is 10.0 Å². The van der Waals surface area contributed by atoms with E-state index >= 15 is 0 Å². The average molecular weight is 398 g/mol. The first-order valence-corrected chi connectivity index (χ1v) is 10.0. The molecule has 5 nitrogen and oxygen atoms in total. The summed E-state index contributed by atoms with van der Waals surface area (Å²) >= 11 is 0. The predicted molar refractivity (Wildman–Crippen MR) is 106 cm³/mol. The molecule has 7 heteroatoms. The molecule has 3 aromatic rings. The molecule has 0 atom stereocenters. The summed E-state index contributed by atoms with van der Waals surface area (Å²) in [4.78, 5) is 12.3. The number of amides is 1. The minimum Gasteiger partial charge on any atom is -0.348 e. The number of aryl methyl sites for hydroxylation is 1. The highest BCUT2D eigenvalue weighted by molar-refractivity contribution is 7.92. The van der Waals surface area contributed by atoms with Gasteiger partial charge in [0.05, 0.1) is 10.6 Å². The predicted octanol–water partition coefficient (Wildman–Crippen LogP) is 3.86. The number of benzene rings is 3. The van der Waals surface area contributed by atoms with Crippen LogP contribution in [0.1, 0.15) is 21.5 Å². The van der Waals surface area contributed by atoms with Crippen LogP contribution in [0.4, 0.5) is 10.1 Å². The Kier molecular flexibility index (Phi) is 5.75. The van der Waals surface area contributed by atoms with Gasteiger partial charge < -0.3 is 5.32 Å². The SMILES string of the molecule is Cc1ccccc1NS(=O)(=O)c1ccc(C(=O)NCc2ccc(F)cc2)cc1. The molecule has 0 aromatic heterocycles. The molecule has 0 radical (unpaired) electrons. The second kappa shape index (κ2) is 8.22. The van der Waals surface area contributed by atoms with Gasteiger partial charge in [-0.2, -0.15) is 0 Å². The molecule has 28 heavy (non-hydrogen) atoms. The maximum absolute atomic E-state index is 12.9. The monoisotopic (exact) mass is 398 g/mol. The van der Waals surface area contributed by atoms with Crippen molar-refractivity contribution in [2.45, 2.75) is 18.4 Å². The fourth-order valence-corrected chi connectivity index (χ4v) is 3.69. The van der Waals surface area contributed by atoms with Crippen LogP contribution in [0.3, 0.4) is 0 Å². The second-order valence-corrected chi connectivity index (χ2v) is 7.94. The summed E-state index contributed by atoms with van der Waals surface area (Å²) in [5, 5.41) is 2.71. The van der Waals surface area contributed by atoms with E-state index in [9.17, 15) is 17.6 Å². The summed E-state index contributed by atoms with van der Waals surface area (Å²) in [5.41, 5.74) is 2.40. The zero-order valence-electron chi connectivity index (χ0n) is 15.1. The highest BCUT2D eigenvalue weighted by Gasteiger charge is 2.16. The number of hydrogen-bond donors (Lipinski definition) is 2. The first-order chi connectivity index (χ1) is 13.3. The summed E-state index contributed by atoms with van der Waals surface area (Å²) in [7, 11) is -3.75. The summed E-state index contributed by atoms with van der Waals surface area (Å²) in [5.74, 6) is -0.689. The third-order valence-electron chi connectivity index (χ3n) is 4.18. The molecule has 0 fully saturated rings. The standard InChI is InChI=1S/C21H19FN2O3S/c1-15-4-2-3-5-20(15)24-28(26,27)19-12-8-17(9-13-19)21(25)23-14-16-6-10-18(22)11-7-16/h2-13,24H,14H2,1H3,(H,23,25). The smallest absolute Gasteiger partial charge is 0.261 e. The first kappa shape index (κ1) is 19.6. The Morgan fingerprint density at radius 3 is 2.21 bits per heavy atom. The molecule has 0 bridgehead atoms. The Balaban J connectivity index is 1.67. The van der Waals surface area contributed by atoms with Gasteiger partial charge >= 0.3 is 0 Å². The lowest BCUT2D eigenvalue weighted by Crippen LogP contribution is -2.23. The van der Waals surface area contributed by atoms with E-state index in [1.54, 1.807) is 24.3 Å². The Morgan fingerprint density at radius 1 is 0.929 bits per heavy atom. The van der Waals surface area contributed by atoms with Crippen molar-refractivity contribution in [2.24, 2.45) is 0 Å². The third-order valence-corrected chi connectivity index (χ3v) is 5.56. The molecule has 0 saturated carbocycles. The minimum absolute atomic E-state index is 0.0610. The second-order valence-electron chi connectivity index (χ2n) is 6.25. The number of anilines is 1. The number of halogens is 1. The van der Waals surface area contributed by atoms with Gasteiger partial charge in [-0.15, -0.1) is 0 Å². The normalized spacial score (nSPS) is 11.1. The van der Waals surface area contributed by atoms with Crippen LogP contribution in [0.15, 0.2) is 77.7 Å². The zero-order valence-corrected chi connectivity index (χ0v) is 16.0. The van der Waals surface area contributed by atoms with Crippen molar-refractivity contribution < 1.29 is 17.6 Å². The Morgan fingerprint density at radius 2 is 1.57 bits per heavy atom. The van der Waals surface area contributed by atoms with E-state index in [4.69, 9.17) is 0 Å². The van der Waals surface area contributed by atoms with Crippen LogP contribution >= 0.6 is 0 Å². The number of carbonyl (C=O) groups excluding carboxylic acids is 1. The Labute approximate surface area is 163 Å². The van der Waals surface area contributed by atoms with E-state index in [1.807, 2.05) is 19.1 Å². The molecule has 0 heterocycles. The highest BCUT2D eigenvalue weighted by Crippen LogP contribution is 2.19. The average Bonchev–Trinajstić information content (AvgIpc) is 2.69. The van der Waals surface area contributed by atoms with E-state index in [1.165, 1.54) is 36.4 Å². The van der Waals surface area contributed by atoms with Crippen molar-refractivity contribution in [3.05, 3.63) is 95.3 Å². The largest absolute Gasteiger partial charge is 0.348 e. The molecule has 0 aliphatic rings. The van der Waals surface area contributed by atoms with Crippen LogP contribution in [0.5, 0.6) is 0 Å². The van der Waals surface area contributed by atoms with E-state index in [0.29, 0.717) is 11.3 Å². The van der Waals surface area contributed by atoms with Crippen molar-refractivity contribution >= 4 is 21.6 Å². The van der Waals surface area contributed by atoms with Crippen molar-refractivity contribution in [3.8, 4) is 0 Å².